The van der Waals surface area contributed by atoms with Gasteiger partial charge in [-0.05, 0) is 40.1 Å². The number of ether oxygens (including phenoxy) is 2. The molecule has 5 aromatic rings. The Kier molecular flexibility index (Phi) is 7.53. The quantitative estimate of drug-likeness (QED) is 0.185. The summed E-state index contributed by atoms with van der Waals surface area (Å²) in [5.74, 6) is 0.829. The van der Waals surface area contributed by atoms with E-state index in [1.165, 1.54) is 0 Å². The van der Waals surface area contributed by atoms with Crippen LogP contribution in [0.2, 0.25) is 0 Å². The molecule has 0 atom stereocenters. The second kappa shape index (κ2) is 11.7. The largest absolute Gasteiger partial charge is 0.488 e. The van der Waals surface area contributed by atoms with E-state index in [-0.39, 0.29) is 5.91 Å². The number of hydrogen-bond acceptors (Lipinski definition) is 4. The number of nitrogens with zero attached hydrogens (tertiary/aromatic N) is 1. The predicted molar refractivity (Wildman–Crippen MR) is 147 cm³/mol. The minimum atomic E-state index is -0.355. The number of nitrogens with one attached hydrogen (secondary N) is 1. The molecule has 0 saturated carbocycles. The van der Waals surface area contributed by atoms with Crippen LogP contribution in [0.5, 0.6) is 11.5 Å². The van der Waals surface area contributed by atoms with Crippen molar-refractivity contribution in [1.82, 2.24) is 5.43 Å². The number of hydrogen-bond donors (Lipinski definition) is 1. The first-order chi connectivity index (χ1) is 18.3. The number of para-hydroxylation sites is 1. The van der Waals surface area contributed by atoms with Crippen LogP contribution in [-0.4, -0.2) is 12.1 Å². The maximum Gasteiger partial charge on any atom is 0.275 e. The minimum absolute atomic E-state index is 0.355. The Balaban J connectivity index is 1.33. The normalized spacial score (nSPS) is 10.9. The summed E-state index contributed by atoms with van der Waals surface area (Å²) in [6, 6.07) is 38.9. The van der Waals surface area contributed by atoms with E-state index in [0.29, 0.717) is 30.3 Å². The van der Waals surface area contributed by atoms with Crippen LogP contribution in [0.3, 0.4) is 0 Å². The molecule has 0 saturated heterocycles. The number of benzene rings is 5. The van der Waals surface area contributed by atoms with Gasteiger partial charge in [0.2, 0.25) is 0 Å². The summed E-state index contributed by atoms with van der Waals surface area (Å²) in [4.78, 5) is 13.0. The molecule has 5 heteroatoms. The topological polar surface area (TPSA) is 59.9 Å². The number of hydrazone groups is 1. The molecule has 37 heavy (non-hydrogen) atoms. The molecule has 0 heterocycles. The second-order valence-corrected chi connectivity index (χ2v) is 8.44. The fourth-order valence-corrected chi connectivity index (χ4v) is 4.00. The molecule has 1 N–H and O–H groups in total. The van der Waals surface area contributed by atoms with Gasteiger partial charge in [-0.3, -0.25) is 4.79 Å². The minimum Gasteiger partial charge on any atom is -0.488 e. The molecule has 0 aliphatic rings. The van der Waals surface area contributed by atoms with Crippen LogP contribution in [0.25, 0.3) is 10.8 Å². The van der Waals surface area contributed by atoms with Gasteiger partial charge in [0.15, 0.2) is 0 Å². The van der Waals surface area contributed by atoms with Crippen molar-refractivity contribution >= 4 is 22.9 Å². The second-order valence-electron chi connectivity index (χ2n) is 8.44. The number of fused-ring (bicyclic) bond motifs is 1. The number of carbonyl (C=O) groups is 1. The molecule has 0 radical (unpaired) electrons. The van der Waals surface area contributed by atoms with Gasteiger partial charge >= 0.3 is 0 Å². The summed E-state index contributed by atoms with van der Waals surface area (Å²) < 4.78 is 12.1. The molecular formula is C32H26N2O3. The van der Waals surface area contributed by atoms with Crippen molar-refractivity contribution in [2.75, 3.05) is 0 Å². The third-order valence-electron chi connectivity index (χ3n) is 5.90. The third kappa shape index (κ3) is 6.03. The van der Waals surface area contributed by atoms with E-state index < -0.39 is 0 Å². The van der Waals surface area contributed by atoms with Crippen LogP contribution < -0.4 is 14.9 Å². The Labute approximate surface area is 216 Å². The van der Waals surface area contributed by atoms with Crippen LogP contribution in [0, 0.1) is 0 Å². The Bertz CT molecular complexity index is 1520. The first-order valence-electron chi connectivity index (χ1n) is 12.1. The fourth-order valence-electron chi connectivity index (χ4n) is 4.00. The Morgan fingerprint density at radius 2 is 1.24 bits per heavy atom. The van der Waals surface area contributed by atoms with Gasteiger partial charge in [-0.15, -0.1) is 0 Å². The molecule has 0 spiro atoms. The van der Waals surface area contributed by atoms with E-state index in [1.54, 1.807) is 24.4 Å². The van der Waals surface area contributed by atoms with Crippen molar-refractivity contribution in [3.63, 3.8) is 0 Å². The monoisotopic (exact) mass is 486 g/mol. The lowest BCUT2D eigenvalue weighted by molar-refractivity contribution is 0.0950. The average molecular weight is 487 g/mol. The lowest BCUT2D eigenvalue weighted by atomic mass is 10.0. The molecular weight excluding hydrogens is 460 g/mol. The highest BCUT2D eigenvalue weighted by Crippen LogP contribution is 2.27. The van der Waals surface area contributed by atoms with Crippen LogP contribution >= 0.6 is 0 Å². The Morgan fingerprint density at radius 1 is 0.649 bits per heavy atom. The molecule has 0 aromatic heterocycles. The molecule has 1 amide bonds. The average Bonchev–Trinajstić information content (AvgIpc) is 2.96. The van der Waals surface area contributed by atoms with Crippen molar-refractivity contribution < 1.29 is 14.3 Å². The third-order valence-corrected chi connectivity index (χ3v) is 5.90. The lowest BCUT2D eigenvalue weighted by Crippen LogP contribution is -2.18. The summed E-state index contributed by atoms with van der Waals surface area (Å²) in [6.45, 7) is 0.797. The van der Waals surface area contributed by atoms with Gasteiger partial charge in [0.1, 0.15) is 24.7 Å². The summed E-state index contributed by atoms with van der Waals surface area (Å²) in [5, 5.41) is 6.32. The van der Waals surface area contributed by atoms with Crippen LogP contribution in [0.4, 0.5) is 0 Å². The smallest absolute Gasteiger partial charge is 0.275 e. The van der Waals surface area contributed by atoms with Gasteiger partial charge in [-0.2, -0.15) is 5.10 Å². The maximum atomic E-state index is 13.0. The molecule has 0 aliphatic heterocycles. The zero-order valence-corrected chi connectivity index (χ0v) is 20.2. The highest BCUT2D eigenvalue weighted by atomic mass is 16.5. The summed E-state index contributed by atoms with van der Waals surface area (Å²) in [6.07, 6.45) is 1.63. The maximum absolute atomic E-state index is 13.0. The first-order valence-corrected chi connectivity index (χ1v) is 12.1. The molecule has 5 rings (SSSR count). The van der Waals surface area contributed by atoms with Gasteiger partial charge in [0, 0.05) is 5.56 Å². The molecule has 0 bridgehead atoms. The van der Waals surface area contributed by atoms with Gasteiger partial charge in [-0.1, -0.05) is 103 Å². The van der Waals surface area contributed by atoms with E-state index in [0.717, 1.165) is 27.5 Å². The molecule has 0 unspecified atom stereocenters. The molecule has 182 valence electrons. The van der Waals surface area contributed by atoms with Crippen LogP contribution in [0.15, 0.2) is 126 Å². The van der Waals surface area contributed by atoms with Gasteiger partial charge in [0.25, 0.3) is 5.91 Å². The molecule has 0 aliphatic carbocycles. The SMILES string of the molecule is O=C(N/N=C/c1c(OCc2ccccc2)ccc2ccccc12)c1ccccc1OCc1ccccc1. The van der Waals surface area contributed by atoms with Crippen LogP contribution in [-0.2, 0) is 13.2 Å². The van der Waals surface area contributed by atoms with Crippen molar-refractivity contribution in [2.24, 2.45) is 5.10 Å². The zero-order valence-electron chi connectivity index (χ0n) is 20.2. The van der Waals surface area contributed by atoms with Gasteiger partial charge in [-0.25, -0.2) is 5.43 Å². The van der Waals surface area contributed by atoms with Gasteiger partial charge in [0.05, 0.1) is 11.8 Å². The number of carbonyl (C=O) groups excluding carboxylic acids is 1. The molecule has 5 nitrogen and oxygen atoms in total. The van der Waals surface area contributed by atoms with Crippen molar-refractivity contribution in [2.45, 2.75) is 13.2 Å². The highest BCUT2D eigenvalue weighted by molar-refractivity contribution is 6.03. The fraction of sp³-hybridized carbons (Fsp3) is 0.0625. The van der Waals surface area contributed by atoms with Gasteiger partial charge < -0.3 is 9.47 Å². The van der Waals surface area contributed by atoms with Crippen molar-refractivity contribution in [3.05, 3.63) is 144 Å². The Hall–Kier alpha value is -4.90. The van der Waals surface area contributed by atoms with Crippen molar-refractivity contribution in [1.29, 1.82) is 0 Å². The molecule has 5 aromatic carbocycles. The zero-order chi connectivity index (χ0) is 25.3. The number of amides is 1. The van der Waals surface area contributed by atoms with E-state index in [4.69, 9.17) is 9.47 Å². The lowest BCUT2D eigenvalue weighted by Gasteiger charge is -2.12. The van der Waals surface area contributed by atoms with Crippen molar-refractivity contribution in [3.8, 4) is 11.5 Å². The summed E-state index contributed by atoms with van der Waals surface area (Å²) >= 11 is 0. The highest BCUT2D eigenvalue weighted by Gasteiger charge is 2.12. The summed E-state index contributed by atoms with van der Waals surface area (Å²) in [5.41, 5.74) is 5.94. The summed E-state index contributed by atoms with van der Waals surface area (Å²) in [7, 11) is 0. The van der Waals surface area contributed by atoms with E-state index in [2.05, 4.69) is 10.5 Å². The predicted octanol–water partition coefficient (Wildman–Crippen LogP) is 6.76. The van der Waals surface area contributed by atoms with Crippen LogP contribution in [0.1, 0.15) is 27.0 Å². The first kappa shape index (κ1) is 23.8. The standard InChI is InChI=1S/C32H26N2O3/c35-32(28-17-9-10-18-30(28)36-22-24-11-3-1-4-12-24)34-33-21-29-27-16-8-7-15-26(27)19-20-31(29)37-23-25-13-5-2-6-14-25/h1-21H,22-23H2,(H,34,35)/b33-21+. The number of rotatable bonds is 9. The Morgan fingerprint density at radius 3 is 1.97 bits per heavy atom. The van der Waals surface area contributed by atoms with E-state index in [1.807, 2.05) is 103 Å². The van der Waals surface area contributed by atoms with E-state index in [9.17, 15) is 4.79 Å². The van der Waals surface area contributed by atoms with E-state index >= 15 is 0 Å². The molecule has 0 fully saturated rings.